The second kappa shape index (κ2) is 4.13. The number of allylic oxidation sites excluding steroid dienone is 5. The summed E-state index contributed by atoms with van der Waals surface area (Å²) in [6.45, 7) is 9.86. The quantitative estimate of drug-likeness (QED) is 0.494. The highest BCUT2D eigenvalue weighted by molar-refractivity contribution is 5.35. The SMILES string of the molecule is C=C(C)C(C=CC)=CC. The molecule has 0 aliphatic rings. The van der Waals surface area contributed by atoms with Crippen LogP contribution in [0.2, 0.25) is 0 Å². The Labute approximate surface area is 57.6 Å². The van der Waals surface area contributed by atoms with Gasteiger partial charge in [-0.2, -0.15) is 0 Å². The van der Waals surface area contributed by atoms with E-state index in [-0.39, 0.29) is 0 Å². The van der Waals surface area contributed by atoms with E-state index in [2.05, 4.69) is 18.7 Å². The summed E-state index contributed by atoms with van der Waals surface area (Å²) in [6.07, 6.45) is 6.13. The van der Waals surface area contributed by atoms with Gasteiger partial charge in [-0.15, -0.1) is 0 Å². The van der Waals surface area contributed by atoms with Gasteiger partial charge >= 0.3 is 0 Å². The van der Waals surface area contributed by atoms with Gasteiger partial charge in [0.25, 0.3) is 0 Å². The van der Waals surface area contributed by atoms with Gasteiger partial charge in [0.05, 0.1) is 0 Å². The first-order valence-corrected chi connectivity index (χ1v) is 3.17. The maximum absolute atomic E-state index is 3.83. The van der Waals surface area contributed by atoms with Crippen molar-refractivity contribution in [1.82, 2.24) is 0 Å². The Kier molecular flexibility index (Phi) is 3.78. The predicted octanol–water partition coefficient (Wildman–Crippen LogP) is 3.08. The summed E-state index contributed by atoms with van der Waals surface area (Å²) < 4.78 is 0. The molecular weight excluding hydrogens is 108 g/mol. The Morgan fingerprint density at radius 1 is 1.33 bits per heavy atom. The van der Waals surface area contributed by atoms with Gasteiger partial charge in [0.15, 0.2) is 0 Å². The summed E-state index contributed by atoms with van der Waals surface area (Å²) >= 11 is 0. The maximum Gasteiger partial charge on any atom is -0.0279 e. The van der Waals surface area contributed by atoms with Crippen LogP contribution in [0.4, 0.5) is 0 Å². The summed E-state index contributed by atoms with van der Waals surface area (Å²) in [5, 5.41) is 0. The maximum atomic E-state index is 3.83. The highest BCUT2D eigenvalue weighted by Crippen LogP contribution is 2.06. The van der Waals surface area contributed by atoms with Crippen LogP contribution < -0.4 is 0 Å². The van der Waals surface area contributed by atoms with Gasteiger partial charge in [-0.25, -0.2) is 0 Å². The topological polar surface area (TPSA) is 0 Å². The van der Waals surface area contributed by atoms with Crippen LogP contribution in [0.15, 0.2) is 36.0 Å². The molecule has 0 amide bonds. The van der Waals surface area contributed by atoms with Crippen molar-refractivity contribution in [3.63, 3.8) is 0 Å². The molecule has 0 N–H and O–H groups in total. The Balaban J connectivity index is 4.19. The lowest BCUT2D eigenvalue weighted by Crippen LogP contribution is -1.75. The molecule has 0 bridgehead atoms. The van der Waals surface area contributed by atoms with Gasteiger partial charge in [-0.1, -0.05) is 30.4 Å². The van der Waals surface area contributed by atoms with E-state index in [0.717, 1.165) is 5.57 Å². The van der Waals surface area contributed by atoms with Crippen LogP contribution in [-0.2, 0) is 0 Å². The van der Waals surface area contributed by atoms with Crippen LogP contribution in [-0.4, -0.2) is 0 Å². The predicted molar refractivity (Wildman–Crippen MR) is 43.4 cm³/mol. The Morgan fingerprint density at radius 2 is 1.89 bits per heavy atom. The third-order valence-corrected chi connectivity index (χ3v) is 1.15. The van der Waals surface area contributed by atoms with Crippen LogP contribution >= 0.6 is 0 Å². The van der Waals surface area contributed by atoms with Crippen molar-refractivity contribution >= 4 is 0 Å². The number of hydrogen-bond donors (Lipinski definition) is 0. The molecule has 0 heterocycles. The minimum absolute atomic E-state index is 1.12. The first-order valence-electron chi connectivity index (χ1n) is 3.17. The molecule has 0 aromatic heterocycles. The lowest BCUT2D eigenvalue weighted by atomic mass is 10.1. The fourth-order valence-electron chi connectivity index (χ4n) is 0.664. The van der Waals surface area contributed by atoms with Crippen LogP contribution in [0, 0.1) is 0 Å². The van der Waals surface area contributed by atoms with Crippen LogP contribution in [0.25, 0.3) is 0 Å². The lowest BCUT2D eigenvalue weighted by Gasteiger charge is -1.95. The Morgan fingerprint density at radius 3 is 2.00 bits per heavy atom. The average molecular weight is 122 g/mol. The summed E-state index contributed by atoms with van der Waals surface area (Å²) in [7, 11) is 0. The third kappa shape index (κ3) is 2.91. The summed E-state index contributed by atoms with van der Waals surface area (Å²) in [5.74, 6) is 0. The highest BCUT2D eigenvalue weighted by Gasteiger charge is 1.86. The van der Waals surface area contributed by atoms with Gasteiger partial charge in [-0.05, 0) is 26.3 Å². The van der Waals surface area contributed by atoms with Crippen LogP contribution in [0.5, 0.6) is 0 Å². The smallest absolute Gasteiger partial charge is 0.0279 e. The van der Waals surface area contributed by atoms with Gasteiger partial charge in [0.2, 0.25) is 0 Å². The molecule has 0 aliphatic heterocycles. The fourth-order valence-corrected chi connectivity index (χ4v) is 0.664. The molecule has 50 valence electrons. The minimum atomic E-state index is 1.12. The molecule has 0 saturated carbocycles. The van der Waals surface area contributed by atoms with E-state index in [1.807, 2.05) is 26.8 Å². The van der Waals surface area contributed by atoms with Gasteiger partial charge in [0.1, 0.15) is 0 Å². The zero-order chi connectivity index (χ0) is 7.28. The van der Waals surface area contributed by atoms with Crippen LogP contribution in [0.3, 0.4) is 0 Å². The van der Waals surface area contributed by atoms with E-state index in [9.17, 15) is 0 Å². The van der Waals surface area contributed by atoms with Crippen molar-refractivity contribution in [2.24, 2.45) is 0 Å². The normalized spacial score (nSPS) is 12.6. The van der Waals surface area contributed by atoms with E-state index in [1.165, 1.54) is 5.57 Å². The molecule has 0 fully saturated rings. The van der Waals surface area contributed by atoms with Crippen molar-refractivity contribution < 1.29 is 0 Å². The largest absolute Gasteiger partial charge is 0.0955 e. The second-order valence-electron chi connectivity index (χ2n) is 2.02. The molecule has 0 atom stereocenters. The van der Waals surface area contributed by atoms with Crippen molar-refractivity contribution in [3.05, 3.63) is 36.0 Å². The van der Waals surface area contributed by atoms with E-state index in [4.69, 9.17) is 0 Å². The first kappa shape index (κ1) is 8.22. The van der Waals surface area contributed by atoms with Crippen LogP contribution in [0.1, 0.15) is 20.8 Å². The molecule has 0 heteroatoms. The van der Waals surface area contributed by atoms with Crippen molar-refractivity contribution in [2.45, 2.75) is 20.8 Å². The molecule has 0 radical (unpaired) electrons. The fraction of sp³-hybridized carbons (Fsp3) is 0.333. The van der Waals surface area contributed by atoms with Crippen molar-refractivity contribution in [3.8, 4) is 0 Å². The average Bonchev–Trinajstić information content (AvgIpc) is 1.82. The van der Waals surface area contributed by atoms with Gasteiger partial charge in [-0.3, -0.25) is 0 Å². The van der Waals surface area contributed by atoms with Gasteiger partial charge in [0, 0.05) is 0 Å². The van der Waals surface area contributed by atoms with Crippen molar-refractivity contribution in [1.29, 1.82) is 0 Å². The molecule has 0 spiro atoms. The number of hydrogen-bond acceptors (Lipinski definition) is 0. The lowest BCUT2D eigenvalue weighted by molar-refractivity contribution is 1.42. The van der Waals surface area contributed by atoms with E-state index < -0.39 is 0 Å². The Bertz CT molecular complexity index is 147. The molecule has 0 saturated heterocycles. The third-order valence-electron chi connectivity index (χ3n) is 1.15. The highest BCUT2D eigenvalue weighted by atomic mass is 13.9. The second-order valence-corrected chi connectivity index (χ2v) is 2.02. The summed E-state index contributed by atoms with van der Waals surface area (Å²) in [6, 6.07) is 0. The zero-order valence-electron chi connectivity index (χ0n) is 6.44. The van der Waals surface area contributed by atoms with E-state index >= 15 is 0 Å². The zero-order valence-corrected chi connectivity index (χ0v) is 6.44. The van der Waals surface area contributed by atoms with Crippen molar-refractivity contribution in [2.75, 3.05) is 0 Å². The molecule has 0 rings (SSSR count). The molecule has 0 unspecified atom stereocenters. The molecule has 0 aromatic rings. The monoisotopic (exact) mass is 122 g/mol. The molecule has 9 heavy (non-hydrogen) atoms. The van der Waals surface area contributed by atoms with E-state index in [1.54, 1.807) is 0 Å². The standard InChI is InChI=1S/C9H14/c1-5-7-9(6-2)8(3)4/h5-7H,3H2,1-2,4H3. The molecule has 0 aromatic carbocycles. The summed E-state index contributed by atoms with van der Waals surface area (Å²) in [4.78, 5) is 0. The molecule has 0 aliphatic carbocycles. The molecule has 0 nitrogen and oxygen atoms in total. The molecular formula is C9H14. The first-order chi connectivity index (χ1) is 4.22. The summed E-state index contributed by atoms with van der Waals surface area (Å²) in [5.41, 5.74) is 2.34. The van der Waals surface area contributed by atoms with E-state index in [0.29, 0.717) is 0 Å². The Hall–Kier alpha value is -0.780. The van der Waals surface area contributed by atoms with Gasteiger partial charge < -0.3 is 0 Å². The number of rotatable bonds is 2. The minimum Gasteiger partial charge on any atom is -0.0955 e.